The van der Waals surface area contributed by atoms with Crippen LogP contribution in [0, 0.1) is 6.92 Å². The van der Waals surface area contributed by atoms with Gasteiger partial charge in [0.2, 0.25) is 0 Å². The van der Waals surface area contributed by atoms with Crippen LogP contribution in [0.4, 0.5) is 0 Å². The number of halogens is 2. The van der Waals surface area contributed by atoms with Gasteiger partial charge in [0.1, 0.15) is 5.15 Å². The van der Waals surface area contributed by atoms with Gasteiger partial charge in [0.05, 0.1) is 11.4 Å². The Bertz CT molecular complexity index is 544. The molecule has 0 amide bonds. The van der Waals surface area contributed by atoms with E-state index in [9.17, 15) is 0 Å². The van der Waals surface area contributed by atoms with Gasteiger partial charge in [0.15, 0.2) is 0 Å². The average molecular weight is 269 g/mol. The molecule has 90 valence electrons. The molecule has 1 aromatic carbocycles. The Balaban J connectivity index is 2.58. The van der Waals surface area contributed by atoms with Gasteiger partial charge in [-0.25, -0.2) is 4.68 Å². The van der Waals surface area contributed by atoms with Crippen LogP contribution in [0.5, 0.6) is 0 Å². The molecule has 0 bridgehead atoms. The fourth-order valence-electron chi connectivity index (χ4n) is 1.95. The molecule has 0 atom stereocenters. The summed E-state index contributed by atoms with van der Waals surface area (Å²) in [5, 5.41) is 5.81. The lowest BCUT2D eigenvalue weighted by atomic mass is 10.1. The Morgan fingerprint density at radius 2 is 1.94 bits per heavy atom. The van der Waals surface area contributed by atoms with Crippen LogP contribution in [0.2, 0.25) is 10.2 Å². The first-order chi connectivity index (χ1) is 8.00. The third-order valence-corrected chi connectivity index (χ3v) is 3.28. The molecule has 0 aliphatic rings. The number of nitrogens with zero attached hydrogens (tertiary/aromatic N) is 2. The smallest absolute Gasteiger partial charge is 0.136 e. The van der Waals surface area contributed by atoms with E-state index in [0.717, 1.165) is 16.9 Å². The van der Waals surface area contributed by atoms with Gasteiger partial charge in [-0.3, -0.25) is 0 Å². The molecule has 1 aromatic heterocycles. The zero-order chi connectivity index (χ0) is 12.6. The van der Waals surface area contributed by atoms with E-state index in [-0.39, 0.29) is 0 Å². The van der Waals surface area contributed by atoms with Crippen LogP contribution in [0.15, 0.2) is 24.3 Å². The van der Waals surface area contributed by atoms with Crippen molar-refractivity contribution in [1.82, 2.24) is 9.78 Å². The summed E-state index contributed by atoms with van der Waals surface area (Å²) in [6, 6.07) is 7.51. The predicted molar refractivity (Wildman–Crippen MR) is 72.4 cm³/mol. The summed E-state index contributed by atoms with van der Waals surface area (Å²) < 4.78 is 1.73. The minimum absolute atomic E-state index is 0.357. The van der Waals surface area contributed by atoms with E-state index in [0.29, 0.717) is 16.1 Å². The SMILES string of the molecule is Cc1nn(-c2cccc(Cl)c2)c(Cl)c1C(C)C. The number of aryl methyl sites for hydroxylation is 1. The highest BCUT2D eigenvalue weighted by molar-refractivity contribution is 6.31. The number of hydrogen-bond acceptors (Lipinski definition) is 1. The van der Waals surface area contributed by atoms with Crippen LogP contribution in [-0.2, 0) is 0 Å². The van der Waals surface area contributed by atoms with E-state index >= 15 is 0 Å². The second kappa shape index (κ2) is 4.71. The summed E-state index contributed by atoms with van der Waals surface area (Å²) in [6.07, 6.45) is 0. The summed E-state index contributed by atoms with van der Waals surface area (Å²) >= 11 is 12.3. The van der Waals surface area contributed by atoms with E-state index < -0.39 is 0 Å². The number of aromatic nitrogens is 2. The Morgan fingerprint density at radius 1 is 1.24 bits per heavy atom. The third kappa shape index (κ3) is 2.33. The van der Waals surface area contributed by atoms with Crippen LogP contribution in [-0.4, -0.2) is 9.78 Å². The van der Waals surface area contributed by atoms with Crippen LogP contribution >= 0.6 is 23.2 Å². The van der Waals surface area contributed by atoms with Crippen molar-refractivity contribution in [1.29, 1.82) is 0 Å². The summed E-state index contributed by atoms with van der Waals surface area (Å²) in [5.41, 5.74) is 2.94. The molecule has 0 fully saturated rings. The minimum Gasteiger partial charge on any atom is -0.222 e. The molecule has 1 heterocycles. The van der Waals surface area contributed by atoms with Gasteiger partial charge in [-0.15, -0.1) is 0 Å². The number of benzene rings is 1. The molecule has 17 heavy (non-hydrogen) atoms. The summed E-state index contributed by atoms with van der Waals surface area (Å²) in [4.78, 5) is 0. The first kappa shape index (κ1) is 12.5. The molecule has 4 heteroatoms. The molecule has 0 aliphatic heterocycles. The van der Waals surface area contributed by atoms with E-state index in [1.807, 2.05) is 31.2 Å². The van der Waals surface area contributed by atoms with Crippen LogP contribution < -0.4 is 0 Å². The second-order valence-corrected chi connectivity index (χ2v) is 5.13. The zero-order valence-electron chi connectivity index (χ0n) is 10.0. The van der Waals surface area contributed by atoms with E-state index in [1.165, 1.54) is 0 Å². The van der Waals surface area contributed by atoms with Crippen molar-refractivity contribution in [2.24, 2.45) is 0 Å². The molecule has 0 N–H and O–H groups in total. The molecule has 2 nitrogen and oxygen atoms in total. The first-order valence-electron chi connectivity index (χ1n) is 5.51. The molecule has 0 radical (unpaired) electrons. The second-order valence-electron chi connectivity index (χ2n) is 4.34. The number of rotatable bonds is 2. The Kier molecular flexibility index (Phi) is 3.45. The van der Waals surface area contributed by atoms with Gasteiger partial charge in [-0.05, 0) is 31.0 Å². The normalized spacial score (nSPS) is 11.2. The lowest BCUT2D eigenvalue weighted by Crippen LogP contribution is -1.96. The molecule has 0 saturated carbocycles. The molecule has 2 rings (SSSR count). The van der Waals surface area contributed by atoms with Crippen LogP contribution in [0.25, 0.3) is 5.69 Å². The predicted octanol–water partition coefficient (Wildman–Crippen LogP) is 4.61. The fourth-order valence-corrected chi connectivity index (χ4v) is 2.62. The Labute approximate surface area is 111 Å². The summed E-state index contributed by atoms with van der Waals surface area (Å²) in [7, 11) is 0. The van der Waals surface area contributed by atoms with Crippen molar-refractivity contribution in [3.05, 3.63) is 45.7 Å². The van der Waals surface area contributed by atoms with E-state index in [2.05, 4.69) is 18.9 Å². The van der Waals surface area contributed by atoms with Gasteiger partial charge in [-0.1, -0.05) is 43.1 Å². The van der Waals surface area contributed by atoms with Gasteiger partial charge in [0.25, 0.3) is 0 Å². The largest absolute Gasteiger partial charge is 0.222 e. The summed E-state index contributed by atoms with van der Waals surface area (Å²) in [6.45, 7) is 6.19. The summed E-state index contributed by atoms with van der Waals surface area (Å²) in [5.74, 6) is 0.357. The van der Waals surface area contributed by atoms with Crippen molar-refractivity contribution >= 4 is 23.2 Å². The molecular weight excluding hydrogens is 255 g/mol. The molecule has 0 saturated heterocycles. The van der Waals surface area contributed by atoms with Crippen LogP contribution in [0.1, 0.15) is 31.0 Å². The van der Waals surface area contributed by atoms with Gasteiger partial charge >= 0.3 is 0 Å². The van der Waals surface area contributed by atoms with Gasteiger partial charge < -0.3 is 0 Å². The highest BCUT2D eigenvalue weighted by Gasteiger charge is 2.17. The lowest BCUT2D eigenvalue weighted by Gasteiger charge is -2.05. The van der Waals surface area contributed by atoms with E-state index in [4.69, 9.17) is 23.2 Å². The minimum atomic E-state index is 0.357. The molecular formula is C13H14Cl2N2. The molecule has 0 spiro atoms. The van der Waals surface area contributed by atoms with Crippen molar-refractivity contribution in [3.8, 4) is 5.69 Å². The highest BCUT2D eigenvalue weighted by atomic mass is 35.5. The third-order valence-electron chi connectivity index (χ3n) is 2.68. The van der Waals surface area contributed by atoms with Crippen molar-refractivity contribution < 1.29 is 0 Å². The van der Waals surface area contributed by atoms with E-state index in [1.54, 1.807) is 4.68 Å². The van der Waals surface area contributed by atoms with Gasteiger partial charge in [0, 0.05) is 10.6 Å². The van der Waals surface area contributed by atoms with Gasteiger partial charge in [-0.2, -0.15) is 5.10 Å². The van der Waals surface area contributed by atoms with Crippen molar-refractivity contribution in [2.45, 2.75) is 26.7 Å². The van der Waals surface area contributed by atoms with Crippen molar-refractivity contribution in [3.63, 3.8) is 0 Å². The molecule has 0 unspecified atom stereocenters. The van der Waals surface area contributed by atoms with Crippen LogP contribution in [0.3, 0.4) is 0 Å². The monoisotopic (exact) mass is 268 g/mol. The number of hydrogen-bond donors (Lipinski definition) is 0. The first-order valence-corrected chi connectivity index (χ1v) is 6.27. The topological polar surface area (TPSA) is 17.8 Å². The maximum Gasteiger partial charge on any atom is 0.136 e. The Morgan fingerprint density at radius 3 is 2.47 bits per heavy atom. The zero-order valence-corrected chi connectivity index (χ0v) is 11.5. The molecule has 2 aromatic rings. The standard InChI is InChI=1S/C13H14Cl2N2/c1-8(2)12-9(3)16-17(13(12)15)11-6-4-5-10(14)7-11/h4-8H,1-3H3. The molecule has 0 aliphatic carbocycles. The maximum atomic E-state index is 6.37. The Hall–Kier alpha value is -0.990. The average Bonchev–Trinajstić information content (AvgIpc) is 2.54. The fraction of sp³-hybridized carbons (Fsp3) is 0.308. The maximum absolute atomic E-state index is 6.37. The quantitative estimate of drug-likeness (QED) is 0.778. The van der Waals surface area contributed by atoms with Crippen molar-refractivity contribution in [2.75, 3.05) is 0 Å². The highest BCUT2D eigenvalue weighted by Crippen LogP contribution is 2.30. The lowest BCUT2D eigenvalue weighted by molar-refractivity contribution is 0.857.